The highest BCUT2D eigenvalue weighted by atomic mass is 32.2. The van der Waals surface area contributed by atoms with Gasteiger partial charge >= 0.3 is 0 Å². The van der Waals surface area contributed by atoms with Crippen LogP contribution in [0.4, 0.5) is 10.3 Å². The fourth-order valence-electron chi connectivity index (χ4n) is 1.56. The Bertz CT molecular complexity index is 711. The van der Waals surface area contributed by atoms with Gasteiger partial charge in [-0.15, -0.1) is 11.3 Å². The standard InChI is InChI=1S/C12H8FN3S2/c13-7-2-1-3-8(6-7)18-11-9-4-5-17-10(9)15-12(14)16-11/h1-6H,(H2,14,15,16). The van der Waals surface area contributed by atoms with Crippen LogP contribution in [-0.4, -0.2) is 9.97 Å². The van der Waals surface area contributed by atoms with Crippen molar-refractivity contribution < 1.29 is 4.39 Å². The Morgan fingerprint density at radius 2 is 2.11 bits per heavy atom. The molecule has 3 aromatic rings. The van der Waals surface area contributed by atoms with Crippen LogP contribution in [-0.2, 0) is 0 Å². The Kier molecular flexibility index (Phi) is 2.89. The Labute approximate surface area is 111 Å². The van der Waals surface area contributed by atoms with Crippen LogP contribution in [0.1, 0.15) is 0 Å². The molecule has 0 fully saturated rings. The van der Waals surface area contributed by atoms with E-state index in [1.54, 1.807) is 6.07 Å². The molecule has 6 heteroatoms. The lowest BCUT2D eigenvalue weighted by Crippen LogP contribution is -1.95. The summed E-state index contributed by atoms with van der Waals surface area (Å²) >= 11 is 2.90. The van der Waals surface area contributed by atoms with Crippen molar-refractivity contribution in [3.63, 3.8) is 0 Å². The van der Waals surface area contributed by atoms with Crippen LogP contribution in [0.2, 0.25) is 0 Å². The molecule has 0 atom stereocenters. The number of anilines is 1. The maximum atomic E-state index is 13.1. The van der Waals surface area contributed by atoms with Gasteiger partial charge in [0.2, 0.25) is 5.95 Å². The molecule has 0 saturated heterocycles. The van der Waals surface area contributed by atoms with Crippen molar-refractivity contribution in [1.82, 2.24) is 9.97 Å². The second-order valence-corrected chi connectivity index (χ2v) is 5.54. The third kappa shape index (κ3) is 2.16. The van der Waals surface area contributed by atoms with Gasteiger partial charge in [0.25, 0.3) is 0 Å². The summed E-state index contributed by atoms with van der Waals surface area (Å²) in [5.74, 6) is -0.0209. The van der Waals surface area contributed by atoms with Gasteiger partial charge < -0.3 is 5.73 Å². The summed E-state index contributed by atoms with van der Waals surface area (Å²) in [6.45, 7) is 0. The number of nitrogen functional groups attached to an aromatic ring is 1. The second-order valence-electron chi connectivity index (χ2n) is 3.59. The number of rotatable bonds is 2. The molecular formula is C12H8FN3S2. The van der Waals surface area contributed by atoms with Gasteiger partial charge in [0, 0.05) is 10.3 Å². The molecule has 3 nitrogen and oxygen atoms in total. The van der Waals surface area contributed by atoms with Crippen molar-refractivity contribution in [2.24, 2.45) is 0 Å². The maximum absolute atomic E-state index is 13.1. The zero-order valence-electron chi connectivity index (χ0n) is 9.13. The van der Waals surface area contributed by atoms with Crippen LogP contribution in [0.3, 0.4) is 0 Å². The topological polar surface area (TPSA) is 51.8 Å². The molecule has 0 unspecified atom stereocenters. The third-order valence-electron chi connectivity index (χ3n) is 2.32. The fourth-order valence-corrected chi connectivity index (χ4v) is 3.35. The van der Waals surface area contributed by atoms with E-state index in [0.29, 0.717) is 0 Å². The van der Waals surface area contributed by atoms with Gasteiger partial charge in [-0.2, -0.15) is 0 Å². The van der Waals surface area contributed by atoms with Crippen molar-refractivity contribution in [3.8, 4) is 0 Å². The van der Waals surface area contributed by atoms with Crippen molar-refractivity contribution in [1.29, 1.82) is 0 Å². The molecule has 0 aliphatic heterocycles. The number of fused-ring (bicyclic) bond motifs is 1. The maximum Gasteiger partial charge on any atom is 0.222 e. The number of aromatic nitrogens is 2. The first-order valence-corrected chi connectivity index (χ1v) is 6.86. The van der Waals surface area contributed by atoms with Gasteiger partial charge in [-0.25, -0.2) is 14.4 Å². The highest BCUT2D eigenvalue weighted by molar-refractivity contribution is 7.99. The van der Waals surface area contributed by atoms with Gasteiger partial charge in [0.15, 0.2) is 0 Å². The summed E-state index contributed by atoms with van der Waals surface area (Å²) < 4.78 is 13.1. The van der Waals surface area contributed by atoms with E-state index in [4.69, 9.17) is 5.73 Å². The number of hydrogen-bond acceptors (Lipinski definition) is 5. The lowest BCUT2D eigenvalue weighted by molar-refractivity contribution is 0.624. The van der Waals surface area contributed by atoms with Crippen LogP contribution in [0.5, 0.6) is 0 Å². The van der Waals surface area contributed by atoms with Crippen molar-refractivity contribution in [3.05, 3.63) is 41.5 Å². The molecule has 90 valence electrons. The molecule has 0 saturated carbocycles. The fraction of sp³-hybridized carbons (Fsp3) is 0. The molecule has 2 heterocycles. The molecule has 0 aliphatic carbocycles. The minimum Gasteiger partial charge on any atom is -0.368 e. The monoisotopic (exact) mass is 277 g/mol. The molecule has 0 aliphatic rings. The first kappa shape index (κ1) is 11.4. The molecule has 18 heavy (non-hydrogen) atoms. The number of hydrogen-bond donors (Lipinski definition) is 1. The number of thiophene rings is 1. The molecule has 0 radical (unpaired) electrons. The van der Waals surface area contributed by atoms with Gasteiger partial charge in [-0.1, -0.05) is 17.8 Å². The predicted octanol–water partition coefficient (Wildman–Crippen LogP) is 3.56. The van der Waals surface area contributed by atoms with E-state index in [1.807, 2.05) is 17.5 Å². The minimum absolute atomic E-state index is 0.240. The quantitative estimate of drug-likeness (QED) is 0.728. The summed E-state index contributed by atoms with van der Waals surface area (Å²) in [4.78, 5) is 10.0. The SMILES string of the molecule is Nc1nc(Sc2cccc(F)c2)c2ccsc2n1. The molecule has 0 bridgehead atoms. The molecule has 2 aromatic heterocycles. The average Bonchev–Trinajstić information content (AvgIpc) is 2.77. The first-order valence-electron chi connectivity index (χ1n) is 5.16. The van der Waals surface area contributed by atoms with Crippen LogP contribution in [0.15, 0.2) is 45.6 Å². The number of nitrogens with zero attached hydrogens (tertiary/aromatic N) is 2. The first-order chi connectivity index (χ1) is 8.72. The molecule has 3 rings (SSSR count). The van der Waals surface area contributed by atoms with E-state index in [1.165, 1.54) is 35.2 Å². The van der Waals surface area contributed by atoms with E-state index >= 15 is 0 Å². The Balaban J connectivity index is 2.06. The molecular weight excluding hydrogens is 269 g/mol. The predicted molar refractivity (Wildman–Crippen MR) is 72.4 cm³/mol. The Morgan fingerprint density at radius 1 is 1.22 bits per heavy atom. The van der Waals surface area contributed by atoms with Gasteiger partial charge in [-0.3, -0.25) is 0 Å². The van der Waals surface area contributed by atoms with Crippen molar-refractivity contribution >= 4 is 39.3 Å². The second kappa shape index (κ2) is 4.55. The smallest absolute Gasteiger partial charge is 0.222 e. The van der Waals surface area contributed by atoms with Crippen molar-refractivity contribution in [2.75, 3.05) is 5.73 Å². The largest absolute Gasteiger partial charge is 0.368 e. The van der Waals surface area contributed by atoms with E-state index in [-0.39, 0.29) is 11.8 Å². The lowest BCUT2D eigenvalue weighted by Gasteiger charge is -2.03. The average molecular weight is 277 g/mol. The van der Waals surface area contributed by atoms with Crippen molar-refractivity contribution in [2.45, 2.75) is 9.92 Å². The molecule has 0 amide bonds. The molecule has 2 N–H and O–H groups in total. The normalized spacial score (nSPS) is 10.9. The zero-order chi connectivity index (χ0) is 12.5. The van der Waals surface area contributed by atoms with E-state index in [9.17, 15) is 4.39 Å². The van der Waals surface area contributed by atoms with E-state index in [0.717, 1.165) is 20.1 Å². The van der Waals surface area contributed by atoms with Crippen LogP contribution >= 0.6 is 23.1 Å². The van der Waals surface area contributed by atoms with E-state index in [2.05, 4.69) is 9.97 Å². The minimum atomic E-state index is -0.261. The highest BCUT2D eigenvalue weighted by Gasteiger charge is 2.09. The molecule has 0 spiro atoms. The Hall–Kier alpha value is -1.66. The van der Waals surface area contributed by atoms with Crippen LogP contribution in [0.25, 0.3) is 10.2 Å². The summed E-state index contributed by atoms with van der Waals surface area (Å²) in [5, 5.41) is 3.64. The molecule has 1 aromatic carbocycles. The Morgan fingerprint density at radius 3 is 2.94 bits per heavy atom. The zero-order valence-corrected chi connectivity index (χ0v) is 10.8. The van der Waals surface area contributed by atoms with Gasteiger partial charge in [0.1, 0.15) is 15.7 Å². The summed E-state index contributed by atoms with van der Waals surface area (Å²) in [5.41, 5.74) is 5.66. The van der Waals surface area contributed by atoms with Crippen LogP contribution < -0.4 is 5.73 Å². The number of benzene rings is 1. The van der Waals surface area contributed by atoms with Crippen LogP contribution in [0, 0.1) is 5.82 Å². The van der Waals surface area contributed by atoms with Gasteiger partial charge in [-0.05, 0) is 29.6 Å². The third-order valence-corrected chi connectivity index (χ3v) is 4.12. The van der Waals surface area contributed by atoms with E-state index < -0.39 is 0 Å². The summed E-state index contributed by atoms with van der Waals surface area (Å²) in [7, 11) is 0. The summed E-state index contributed by atoms with van der Waals surface area (Å²) in [6.07, 6.45) is 0. The summed E-state index contributed by atoms with van der Waals surface area (Å²) in [6, 6.07) is 8.35. The lowest BCUT2D eigenvalue weighted by atomic mass is 10.3. The number of nitrogens with two attached hydrogens (primary N) is 1. The number of halogens is 1. The van der Waals surface area contributed by atoms with Gasteiger partial charge in [0.05, 0.1) is 0 Å². The highest BCUT2D eigenvalue weighted by Crippen LogP contribution is 2.33.